The Morgan fingerprint density at radius 2 is 1.89 bits per heavy atom. The van der Waals surface area contributed by atoms with E-state index in [1.54, 1.807) is 24.3 Å². The van der Waals surface area contributed by atoms with Crippen molar-refractivity contribution in [2.24, 2.45) is 11.5 Å². The van der Waals surface area contributed by atoms with E-state index in [9.17, 15) is 9.59 Å². The lowest BCUT2D eigenvalue weighted by molar-refractivity contribution is -0.121. The highest BCUT2D eigenvalue weighted by Crippen LogP contribution is 2.11. The van der Waals surface area contributed by atoms with E-state index >= 15 is 0 Å². The molecule has 1 rings (SSSR count). The van der Waals surface area contributed by atoms with Crippen LogP contribution in [-0.4, -0.2) is 31.5 Å². The average Bonchev–Trinajstić information content (AvgIpc) is 2.39. The summed E-state index contributed by atoms with van der Waals surface area (Å²) in [5.74, 6) is 0.0489. The second-order valence-electron chi connectivity index (χ2n) is 3.98. The lowest BCUT2D eigenvalue weighted by atomic mass is 10.2. The van der Waals surface area contributed by atoms with Gasteiger partial charge in [0.2, 0.25) is 11.8 Å². The quantitative estimate of drug-likeness (QED) is 0.576. The molecule has 0 saturated heterocycles. The van der Waals surface area contributed by atoms with Crippen LogP contribution in [-0.2, 0) is 4.79 Å². The van der Waals surface area contributed by atoms with E-state index in [1.807, 2.05) is 0 Å². The molecule has 0 aromatic heterocycles. The highest BCUT2D eigenvalue weighted by molar-refractivity contribution is 5.92. The van der Waals surface area contributed by atoms with E-state index in [1.165, 1.54) is 0 Å². The van der Waals surface area contributed by atoms with Gasteiger partial charge in [0.15, 0.2) is 0 Å². The minimum absolute atomic E-state index is 0.0674. The molecule has 0 saturated carbocycles. The first-order valence-corrected chi connectivity index (χ1v) is 6.13. The lowest BCUT2D eigenvalue weighted by Crippen LogP contribution is -2.27. The number of ether oxygens (including phenoxy) is 1. The molecule has 0 aliphatic carbocycles. The number of hydrogen-bond donors (Lipinski definition) is 3. The molecule has 0 spiro atoms. The summed E-state index contributed by atoms with van der Waals surface area (Å²) in [5, 5.41) is 2.73. The summed E-state index contributed by atoms with van der Waals surface area (Å²) in [5.41, 5.74) is 10.9. The second-order valence-corrected chi connectivity index (χ2v) is 3.98. The zero-order chi connectivity index (χ0) is 14.1. The Balaban J connectivity index is 2.25. The van der Waals surface area contributed by atoms with E-state index in [-0.39, 0.29) is 18.9 Å². The Bertz CT molecular complexity index is 418. The molecule has 0 fully saturated rings. The third kappa shape index (κ3) is 5.87. The molecule has 0 aliphatic rings. The number of benzene rings is 1. The maximum absolute atomic E-state index is 11.4. The Morgan fingerprint density at radius 1 is 1.21 bits per heavy atom. The molecule has 0 radical (unpaired) electrons. The Hall–Kier alpha value is -2.08. The monoisotopic (exact) mass is 265 g/mol. The highest BCUT2D eigenvalue weighted by atomic mass is 16.5. The van der Waals surface area contributed by atoms with Crippen molar-refractivity contribution in [1.82, 2.24) is 5.32 Å². The zero-order valence-electron chi connectivity index (χ0n) is 10.7. The number of nitrogens with one attached hydrogen (secondary N) is 1. The molecule has 104 valence electrons. The predicted molar refractivity (Wildman–Crippen MR) is 71.8 cm³/mol. The van der Waals surface area contributed by atoms with Crippen LogP contribution in [0.2, 0.25) is 0 Å². The fourth-order valence-electron chi connectivity index (χ4n) is 1.40. The Kier molecular flexibility index (Phi) is 6.38. The van der Waals surface area contributed by atoms with E-state index in [4.69, 9.17) is 16.2 Å². The fraction of sp³-hybridized carbons (Fsp3) is 0.385. The molecule has 0 atom stereocenters. The number of hydrogen-bond acceptors (Lipinski definition) is 4. The molecule has 0 heterocycles. The van der Waals surface area contributed by atoms with Crippen molar-refractivity contribution < 1.29 is 14.3 Å². The van der Waals surface area contributed by atoms with Gasteiger partial charge in [-0.1, -0.05) is 0 Å². The molecule has 1 aromatic rings. The van der Waals surface area contributed by atoms with Gasteiger partial charge in [0, 0.05) is 12.1 Å². The summed E-state index contributed by atoms with van der Waals surface area (Å²) >= 11 is 0. The normalized spacial score (nSPS) is 9.95. The molecule has 1 aromatic carbocycles. The molecule has 19 heavy (non-hydrogen) atoms. The first-order chi connectivity index (χ1) is 9.13. The van der Waals surface area contributed by atoms with Gasteiger partial charge in [-0.2, -0.15) is 0 Å². The van der Waals surface area contributed by atoms with Crippen molar-refractivity contribution in [3.05, 3.63) is 29.8 Å². The number of primary amides is 1. The predicted octanol–water partition coefficient (Wildman–Crippen LogP) is 0.0194. The molecular formula is C13H19N3O3. The molecule has 0 unspecified atom stereocenters. The van der Waals surface area contributed by atoms with E-state index in [2.05, 4.69) is 5.32 Å². The van der Waals surface area contributed by atoms with Crippen molar-refractivity contribution in [2.45, 2.75) is 12.8 Å². The van der Waals surface area contributed by atoms with Crippen LogP contribution < -0.4 is 21.5 Å². The van der Waals surface area contributed by atoms with Crippen LogP contribution in [0, 0.1) is 0 Å². The summed E-state index contributed by atoms with van der Waals surface area (Å²) in [6.45, 7) is 1.43. The van der Waals surface area contributed by atoms with Gasteiger partial charge >= 0.3 is 0 Å². The van der Waals surface area contributed by atoms with Gasteiger partial charge in [-0.15, -0.1) is 0 Å². The average molecular weight is 265 g/mol. The summed E-state index contributed by atoms with van der Waals surface area (Å²) in [4.78, 5) is 22.2. The smallest absolute Gasteiger partial charge is 0.248 e. The van der Waals surface area contributed by atoms with Crippen molar-refractivity contribution in [2.75, 3.05) is 19.7 Å². The first kappa shape index (κ1) is 15.0. The SMILES string of the molecule is NCCCNC(=O)CCOc1ccc(C(N)=O)cc1. The summed E-state index contributed by atoms with van der Waals surface area (Å²) in [6, 6.07) is 6.46. The third-order valence-electron chi connectivity index (χ3n) is 2.44. The van der Waals surface area contributed by atoms with Crippen LogP contribution in [0.5, 0.6) is 5.75 Å². The summed E-state index contributed by atoms with van der Waals surface area (Å²) < 4.78 is 5.38. The maximum Gasteiger partial charge on any atom is 0.248 e. The van der Waals surface area contributed by atoms with Gasteiger partial charge in [-0.3, -0.25) is 9.59 Å². The molecular weight excluding hydrogens is 246 g/mol. The fourth-order valence-corrected chi connectivity index (χ4v) is 1.40. The van der Waals surface area contributed by atoms with Crippen molar-refractivity contribution >= 4 is 11.8 Å². The molecule has 6 nitrogen and oxygen atoms in total. The van der Waals surface area contributed by atoms with Crippen LogP contribution in [0.25, 0.3) is 0 Å². The Labute approximate surface area is 112 Å². The van der Waals surface area contributed by atoms with Gasteiger partial charge in [-0.25, -0.2) is 0 Å². The largest absolute Gasteiger partial charge is 0.493 e. The molecule has 5 N–H and O–H groups in total. The molecule has 6 heteroatoms. The highest BCUT2D eigenvalue weighted by Gasteiger charge is 2.02. The van der Waals surface area contributed by atoms with Crippen LogP contribution >= 0.6 is 0 Å². The molecule has 2 amide bonds. The maximum atomic E-state index is 11.4. The summed E-state index contributed by atoms with van der Waals surface area (Å²) in [7, 11) is 0. The van der Waals surface area contributed by atoms with Gasteiger partial charge in [0.05, 0.1) is 13.0 Å². The van der Waals surface area contributed by atoms with Crippen LogP contribution in [0.1, 0.15) is 23.2 Å². The number of amides is 2. The topological polar surface area (TPSA) is 107 Å². The van der Waals surface area contributed by atoms with Crippen molar-refractivity contribution in [1.29, 1.82) is 0 Å². The lowest BCUT2D eigenvalue weighted by Gasteiger charge is -2.07. The van der Waals surface area contributed by atoms with Gasteiger partial charge < -0.3 is 21.5 Å². The first-order valence-electron chi connectivity index (χ1n) is 6.13. The number of rotatable bonds is 8. The van der Waals surface area contributed by atoms with Crippen LogP contribution in [0.3, 0.4) is 0 Å². The standard InChI is InChI=1S/C13H19N3O3/c14-7-1-8-16-12(17)6-9-19-11-4-2-10(3-5-11)13(15)18/h2-5H,1,6-9,14H2,(H2,15,18)(H,16,17). The van der Waals surface area contributed by atoms with Gasteiger partial charge in [0.25, 0.3) is 0 Å². The van der Waals surface area contributed by atoms with E-state index in [0.29, 0.717) is 24.4 Å². The van der Waals surface area contributed by atoms with Crippen LogP contribution in [0.15, 0.2) is 24.3 Å². The minimum atomic E-state index is -0.481. The molecule has 0 aliphatic heterocycles. The number of carbonyl (C=O) groups is 2. The minimum Gasteiger partial charge on any atom is -0.493 e. The van der Waals surface area contributed by atoms with Crippen molar-refractivity contribution in [3.8, 4) is 5.75 Å². The number of nitrogens with two attached hydrogens (primary N) is 2. The number of carbonyl (C=O) groups excluding carboxylic acids is 2. The Morgan fingerprint density at radius 3 is 2.47 bits per heavy atom. The zero-order valence-corrected chi connectivity index (χ0v) is 10.7. The summed E-state index contributed by atoms with van der Waals surface area (Å²) in [6.07, 6.45) is 1.04. The third-order valence-corrected chi connectivity index (χ3v) is 2.44. The van der Waals surface area contributed by atoms with Gasteiger partial charge in [-0.05, 0) is 37.2 Å². The van der Waals surface area contributed by atoms with Crippen LogP contribution in [0.4, 0.5) is 0 Å². The van der Waals surface area contributed by atoms with E-state index < -0.39 is 5.91 Å². The van der Waals surface area contributed by atoms with E-state index in [0.717, 1.165) is 6.42 Å². The van der Waals surface area contributed by atoms with Crippen molar-refractivity contribution in [3.63, 3.8) is 0 Å². The van der Waals surface area contributed by atoms with Gasteiger partial charge in [0.1, 0.15) is 5.75 Å². The molecule has 0 bridgehead atoms. The second kappa shape index (κ2) is 8.10.